The lowest BCUT2D eigenvalue weighted by Gasteiger charge is -1.97. The average molecular weight is 221 g/mol. The van der Waals surface area contributed by atoms with Crippen molar-refractivity contribution >= 4 is 11.6 Å². The topological polar surface area (TPSA) is 13.1 Å². The third kappa shape index (κ3) is 2.42. The Morgan fingerprint density at radius 1 is 1.07 bits per heavy atom. The first kappa shape index (κ1) is 10.3. The van der Waals surface area contributed by atoms with Gasteiger partial charge in [-0.05, 0) is 42.8 Å². The van der Waals surface area contributed by atoms with Crippen LogP contribution in [0.25, 0.3) is 11.3 Å². The summed E-state index contributed by atoms with van der Waals surface area (Å²) in [7, 11) is 0. The van der Waals surface area contributed by atoms with Crippen LogP contribution in [0.15, 0.2) is 40.8 Å². The smallest absolute Gasteiger partial charge is 0.134 e. The van der Waals surface area contributed by atoms with Gasteiger partial charge in [0.1, 0.15) is 11.5 Å². The summed E-state index contributed by atoms with van der Waals surface area (Å²) in [5.74, 6) is 1.96. The molecule has 1 aromatic carbocycles. The van der Waals surface area contributed by atoms with Crippen LogP contribution in [0.5, 0.6) is 0 Å². The summed E-state index contributed by atoms with van der Waals surface area (Å²) in [6.45, 7) is 2.14. The quantitative estimate of drug-likeness (QED) is 0.740. The molecular weight excluding hydrogens is 208 g/mol. The third-order valence-electron chi connectivity index (χ3n) is 2.29. The monoisotopic (exact) mass is 220 g/mol. The number of furan rings is 1. The number of benzene rings is 1. The van der Waals surface area contributed by atoms with Crippen molar-refractivity contribution in [2.24, 2.45) is 0 Å². The molecule has 1 heterocycles. The van der Waals surface area contributed by atoms with Crippen molar-refractivity contribution in [1.29, 1.82) is 0 Å². The molecule has 0 aliphatic heterocycles. The van der Waals surface area contributed by atoms with E-state index in [2.05, 4.69) is 6.92 Å². The molecule has 0 N–H and O–H groups in total. The predicted molar refractivity (Wildman–Crippen MR) is 63.1 cm³/mol. The van der Waals surface area contributed by atoms with Gasteiger partial charge in [-0.15, -0.1) is 0 Å². The lowest BCUT2D eigenvalue weighted by molar-refractivity contribution is 0.519. The van der Waals surface area contributed by atoms with E-state index in [-0.39, 0.29) is 0 Å². The summed E-state index contributed by atoms with van der Waals surface area (Å²) in [6, 6.07) is 11.7. The number of hydrogen-bond donors (Lipinski definition) is 0. The highest BCUT2D eigenvalue weighted by atomic mass is 35.5. The van der Waals surface area contributed by atoms with Gasteiger partial charge in [-0.1, -0.05) is 18.5 Å². The number of aryl methyl sites for hydroxylation is 1. The van der Waals surface area contributed by atoms with Crippen LogP contribution < -0.4 is 0 Å². The molecule has 0 radical (unpaired) electrons. The Labute approximate surface area is 94.7 Å². The molecule has 0 atom stereocenters. The highest BCUT2D eigenvalue weighted by Gasteiger charge is 2.03. The van der Waals surface area contributed by atoms with E-state index in [0.29, 0.717) is 0 Å². The highest BCUT2D eigenvalue weighted by Crippen LogP contribution is 2.24. The van der Waals surface area contributed by atoms with Gasteiger partial charge in [0.15, 0.2) is 0 Å². The molecule has 0 fully saturated rings. The van der Waals surface area contributed by atoms with E-state index >= 15 is 0 Å². The van der Waals surface area contributed by atoms with Gasteiger partial charge in [-0.3, -0.25) is 0 Å². The van der Waals surface area contributed by atoms with Crippen molar-refractivity contribution in [3.8, 4) is 11.3 Å². The summed E-state index contributed by atoms with van der Waals surface area (Å²) < 4.78 is 5.71. The second kappa shape index (κ2) is 4.54. The zero-order valence-corrected chi connectivity index (χ0v) is 9.42. The van der Waals surface area contributed by atoms with Gasteiger partial charge in [0.2, 0.25) is 0 Å². The fourth-order valence-electron chi connectivity index (χ4n) is 1.53. The van der Waals surface area contributed by atoms with Gasteiger partial charge in [-0.2, -0.15) is 0 Å². The van der Waals surface area contributed by atoms with E-state index in [1.165, 1.54) is 0 Å². The first-order chi connectivity index (χ1) is 7.29. The Hall–Kier alpha value is -1.21. The molecule has 2 rings (SSSR count). The molecule has 1 nitrogen and oxygen atoms in total. The zero-order valence-electron chi connectivity index (χ0n) is 8.66. The summed E-state index contributed by atoms with van der Waals surface area (Å²) >= 11 is 5.82. The van der Waals surface area contributed by atoms with Crippen molar-refractivity contribution in [1.82, 2.24) is 0 Å². The van der Waals surface area contributed by atoms with Gasteiger partial charge in [0.25, 0.3) is 0 Å². The number of halogens is 1. The summed E-state index contributed by atoms with van der Waals surface area (Å²) in [5.41, 5.74) is 1.07. The van der Waals surface area contributed by atoms with E-state index in [0.717, 1.165) is 34.9 Å². The van der Waals surface area contributed by atoms with Gasteiger partial charge < -0.3 is 4.42 Å². The molecule has 0 saturated heterocycles. The van der Waals surface area contributed by atoms with E-state index < -0.39 is 0 Å². The van der Waals surface area contributed by atoms with Gasteiger partial charge >= 0.3 is 0 Å². The van der Waals surface area contributed by atoms with Crippen molar-refractivity contribution < 1.29 is 4.42 Å². The Kier molecular flexibility index (Phi) is 3.12. The van der Waals surface area contributed by atoms with Gasteiger partial charge in [0.05, 0.1) is 0 Å². The normalized spacial score (nSPS) is 10.5. The second-order valence-electron chi connectivity index (χ2n) is 3.52. The SMILES string of the molecule is CCCc1ccc(-c2ccc(Cl)cc2)o1. The molecule has 0 aliphatic rings. The van der Waals surface area contributed by atoms with Gasteiger partial charge in [-0.25, -0.2) is 0 Å². The van der Waals surface area contributed by atoms with Crippen molar-refractivity contribution in [3.05, 3.63) is 47.2 Å². The first-order valence-corrected chi connectivity index (χ1v) is 5.52. The van der Waals surface area contributed by atoms with Crippen LogP contribution in [0, 0.1) is 0 Å². The van der Waals surface area contributed by atoms with E-state index in [1.807, 2.05) is 36.4 Å². The fraction of sp³-hybridized carbons (Fsp3) is 0.231. The predicted octanol–water partition coefficient (Wildman–Crippen LogP) is 4.55. The lowest BCUT2D eigenvalue weighted by Crippen LogP contribution is -1.76. The largest absolute Gasteiger partial charge is 0.461 e. The first-order valence-electron chi connectivity index (χ1n) is 5.14. The standard InChI is InChI=1S/C13H13ClO/c1-2-3-12-8-9-13(15-12)10-4-6-11(14)7-5-10/h4-9H,2-3H2,1H3. The fourth-order valence-corrected chi connectivity index (χ4v) is 1.65. The molecule has 2 heteroatoms. The summed E-state index contributed by atoms with van der Waals surface area (Å²) in [5, 5.41) is 0.749. The summed E-state index contributed by atoms with van der Waals surface area (Å²) in [4.78, 5) is 0. The van der Waals surface area contributed by atoms with Crippen molar-refractivity contribution in [2.45, 2.75) is 19.8 Å². The second-order valence-corrected chi connectivity index (χ2v) is 3.96. The molecule has 0 aliphatic carbocycles. The van der Waals surface area contributed by atoms with E-state index in [4.69, 9.17) is 16.0 Å². The third-order valence-corrected chi connectivity index (χ3v) is 2.54. The maximum absolute atomic E-state index is 5.82. The molecule has 0 unspecified atom stereocenters. The Morgan fingerprint density at radius 2 is 1.80 bits per heavy atom. The molecule has 2 aromatic rings. The molecular formula is C13H13ClO. The van der Waals surface area contributed by atoms with Crippen LogP contribution in [-0.2, 0) is 6.42 Å². The zero-order chi connectivity index (χ0) is 10.7. The minimum absolute atomic E-state index is 0.749. The van der Waals surface area contributed by atoms with Crippen LogP contribution >= 0.6 is 11.6 Å². The minimum atomic E-state index is 0.749. The van der Waals surface area contributed by atoms with Crippen LogP contribution in [0.1, 0.15) is 19.1 Å². The minimum Gasteiger partial charge on any atom is -0.461 e. The van der Waals surface area contributed by atoms with E-state index in [1.54, 1.807) is 0 Å². The Morgan fingerprint density at radius 3 is 2.47 bits per heavy atom. The van der Waals surface area contributed by atoms with Crippen LogP contribution in [0.3, 0.4) is 0 Å². The van der Waals surface area contributed by atoms with Crippen LogP contribution in [-0.4, -0.2) is 0 Å². The Bertz CT molecular complexity index is 428. The van der Waals surface area contributed by atoms with Crippen molar-refractivity contribution in [2.75, 3.05) is 0 Å². The molecule has 1 aromatic heterocycles. The maximum atomic E-state index is 5.82. The molecule has 15 heavy (non-hydrogen) atoms. The Balaban J connectivity index is 2.25. The molecule has 0 amide bonds. The highest BCUT2D eigenvalue weighted by molar-refractivity contribution is 6.30. The van der Waals surface area contributed by atoms with Crippen LogP contribution in [0.2, 0.25) is 5.02 Å². The van der Waals surface area contributed by atoms with Gasteiger partial charge in [0, 0.05) is 17.0 Å². The molecule has 78 valence electrons. The molecule has 0 saturated carbocycles. The number of rotatable bonds is 3. The van der Waals surface area contributed by atoms with Crippen molar-refractivity contribution in [3.63, 3.8) is 0 Å². The van der Waals surface area contributed by atoms with Crippen LogP contribution in [0.4, 0.5) is 0 Å². The summed E-state index contributed by atoms with van der Waals surface area (Å²) in [6.07, 6.45) is 2.10. The molecule has 0 bridgehead atoms. The average Bonchev–Trinajstić information content (AvgIpc) is 2.68. The number of hydrogen-bond acceptors (Lipinski definition) is 1. The maximum Gasteiger partial charge on any atom is 0.134 e. The van der Waals surface area contributed by atoms with E-state index in [9.17, 15) is 0 Å². The molecule has 0 spiro atoms. The lowest BCUT2D eigenvalue weighted by atomic mass is 10.2.